The Morgan fingerprint density at radius 3 is 2.46 bits per heavy atom. The highest BCUT2D eigenvalue weighted by molar-refractivity contribution is 5.75. The minimum atomic E-state index is -1.10. The van der Waals surface area contributed by atoms with Crippen LogP contribution in [0.1, 0.15) is 30.6 Å². The summed E-state index contributed by atoms with van der Waals surface area (Å²) in [5, 5.41) is 9.52. The van der Waals surface area contributed by atoms with Crippen molar-refractivity contribution in [2.45, 2.75) is 31.9 Å². The Labute approximate surface area is 142 Å². The van der Waals surface area contributed by atoms with Crippen molar-refractivity contribution in [2.75, 3.05) is 7.11 Å². The first kappa shape index (κ1) is 17.8. The van der Waals surface area contributed by atoms with Crippen LogP contribution in [0.15, 0.2) is 48.5 Å². The lowest BCUT2D eigenvalue weighted by Crippen LogP contribution is -2.21. The number of carboxylic acids is 1. The number of aliphatic carboxylic acids is 1. The molecule has 0 aliphatic carbocycles. The molecule has 0 aromatic heterocycles. The molecule has 0 aliphatic heterocycles. The fourth-order valence-electron chi connectivity index (χ4n) is 2.40. The van der Waals surface area contributed by atoms with Gasteiger partial charge in [-0.2, -0.15) is 0 Å². The van der Waals surface area contributed by atoms with Gasteiger partial charge in [-0.25, -0.2) is 4.79 Å². The first-order valence-electron chi connectivity index (χ1n) is 7.92. The van der Waals surface area contributed by atoms with Gasteiger partial charge in [-0.3, -0.25) is 0 Å². The molecule has 2 atom stereocenters. The zero-order valence-corrected chi connectivity index (χ0v) is 13.9. The minimum absolute atomic E-state index is 0.0515. The normalized spacial score (nSPS) is 13.1. The molecule has 0 fully saturated rings. The fraction of sp³-hybridized carbons (Fsp3) is 0.316. The molecule has 0 saturated carbocycles. The van der Waals surface area contributed by atoms with Gasteiger partial charge in [-0.15, -0.1) is 0 Å². The monoisotopic (exact) mass is 329 g/mol. The van der Waals surface area contributed by atoms with E-state index in [1.54, 1.807) is 36.4 Å². The molecule has 2 unspecified atom stereocenters. The Hall–Kier alpha value is -2.53. The second-order valence-electron chi connectivity index (χ2n) is 5.60. The molecule has 128 valence electrons. The number of hydrogen-bond acceptors (Lipinski definition) is 4. The number of ether oxygens (including phenoxy) is 2. The fourth-order valence-corrected chi connectivity index (χ4v) is 2.40. The number of nitrogens with two attached hydrogens (primary N) is 1. The van der Waals surface area contributed by atoms with Crippen molar-refractivity contribution in [1.82, 2.24) is 0 Å². The first-order valence-corrected chi connectivity index (χ1v) is 7.92. The summed E-state index contributed by atoms with van der Waals surface area (Å²) >= 11 is 0. The minimum Gasteiger partial charge on any atom is -0.493 e. The van der Waals surface area contributed by atoms with Crippen LogP contribution in [-0.4, -0.2) is 24.2 Å². The van der Waals surface area contributed by atoms with E-state index < -0.39 is 12.1 Å². The van der Waals surface area contributed by atoms with E-state index in [4.69, 9.17) is 15.2 Å². The maximum absolute atomic E-state index is 11.6. The molecule has 0 aliphatic rings. The standard InChI is InChI=1S/C19H23NO4/c1-3-15(20)11-13-9-10-16(23-2)17(12-13)24-18(19(21)22)14-7-5-4-6-8-14/h4-10,12,15,18H,3,11,20H2,1-2H3,(H,21,22). The second kappa shape index (κ2) is 8.36. The van der Waals surface area contributed by atoms with Crippen LogP contribution < -0.4 is 15.2 Å². The molecule has 2 rings (SSSR count). The second-order valence-corrected chi connectivity index (χ2v) is 5.60. The molecule has 5 nitrogen and oxygen atoms in total. The Morgan fingerprint density at radius 2 is 1.88 bits per heavy atom. The number of rotatable bonds is 8. The van der Waals surface area contributed by atoms with E-state index in [2.05, 4.69) is 0 Å². The molecular formula is C19H23NO4. The Kier molecular flexibility index (Phi) is 6.21. The van der Waals surface area contributed by atoms with Gasteiger partial charge in [-0.05, 0) is 30.5 Å². The summed E-state index contributed by atoms with van der Waals surface area (Å²) in [7, 11) is 1.53. The van der Waals surface area contributed by atoms with Crippen molar-refractivity contribution in [3.05, 3.63) is 59.7 Å². The Balaban J connectivity index is 2.31. The van der Waals surface area contributed by atoms with Crippen molar-refractivity contribution in [1.29, 1.82) is 0 Å². The lowest BCUT2D eigenvalue weighted by molar-refractivity contribution is -0.145. The number of carbonyl (C=O) groups is 1. The number of hydrogen-bond donors (Lipinski definition) is 2. The lowest BCUT2D eigenvalue weighted by Gasteiger charge is -2.19. The molecule has 0 bridgehead atoms. The summed E-state index contributed by atoms with van der Waals surface area (Å²) in [5.74, 6) is -0.167. The third kappa shape index (κ3) is 4.49. The van der Waals surface area contributed by atoms with Gasteiger partial charge in [0.25, 0.3) is 0 Å². The molecular weight excluding hydrogens is 306 g/mol. The molecule has 5 heteroatoms. The van der Waals surface area contributed by atoms with Gasteiger partial charge < -0.3 is 20.3 Å². The maximum Gasteiger partial charge on any atom is 0.349 e. The van der Waals surface area contributed by atoms with E-state index >= 15 is 0 Å². The zero-order valence-electron chi connectivity index (χ0n) is 13.9. The van der Waals surface area contributed by atoms with Gasteiger partial charge in [0.15, 0.2) is 11.5 Å². The van der Waals surface area contributed by atoms with Crippen molar-refractivity contribution >= 4 is 5.97 Å². The van der Waals surface area contributed by atoms with E-state index in [-0.39, 0.29) is 6.04 Å². The van der Waals surface area contributed by atoms with Gasteiger partial charge in [0.05, 0.1) is 7.11 Å². The molecule has 24 heavy (non-hydrogen) atoms. The van der Waals surface area contributed by atoms with E-state index in [1.165, 1.54) is 7.11 Å². The topological polar surface area (TPSA) is 81.8 Å². The average Bonchev–Trinajstić information content (AvgIpc) is 2.60. The van der Waals surface area contributed by atoms with Crippen LogP contribution in [0.4, 0.5) is 0 Å². The summed E-state index contributed by atoms with van der Waals surface area (Å²) in [6, 6.07) is 14.4. The predicted molar refractivity (Wildman–Crippen MR) is 92.4 cm³/mol. The summed E-state index contributed by atoms with van der Waals surface area (Å²) in [5.41, 5.74) is 7.56. The smallest absolute Gasteiger partial charge is 0.349 e. The molecule has 2 aromatic rings. The highest BCUT2D eigenvalue weighted by Crippen LogP contribution is 2.32. The summed E-state index contributed by atoms with van der Waals surface area (Å²) in [4.78, 5) is 11.6. The molecule has 0 heterocycles. The molecule has 0 spiro atoms. The lowest BCUT2D eigenvalue weighted by atomic mass is 10.0. The van der Waals surface area contributed by atoms with E-state index in [1.807, 2.05) is 19.1 Å². The number of benzene rings is 2. The quantitative estimate of drug-likeness (QED) is 0.777. The van der Waals surface area contributed by atoms with Crippen LogP contribution in [0.5, 0.6) is 11.5 Å². The van der Waals surface area contributed by atoms with Crippen molar-refractivity contribution in [3.8, 4) is 11.5 Å². The van der Waals surface area contributed by atoms with Gasteiger partial charge in [0.2, 0.25) is 6.10 Å². The molecule has 0 saturated heterocycles. The Bertz CT molecular complexity index is 672. The third-order valence-corrected chi connectivity index (χ3v) is 3.82. The summed E-state index contributed by atoms with van der Waals surface area (Å²) < 4.78 is 11.1. The third-order valence-electron chi connectivity index (χ3n) is 3.82. The van der Waals surface area contributed by atoms with Gasteiger partial charge in [0, 0.05) is 11.6 Å². The molecule has 2 aromatic carbocycles. The van der Waals surface area contributed by atoms with Crippen molar-refractivity contribution < 1.29 is 19.4 Å². The van der Waals surface area contributed by atoms with Crippen molar-refractivity contribution in [2.24, 2.45) is 5.73 Å². The van der Waals surface area contributed by atoms with Crippen LogP contribution in [0.2, 0.25) is 0 Å². The highest BCUT2D eigenvalue weighted by Gasteiger charge is 2.23. The van der Waals surface area contributed by atoms with Crippen molar-refractivity contribution in [3.63, 3.8) is 0 Å². The molecule has 0 radical (unpaired) electrons. The van der Waals surface area contributed by atoms with E-state index in [0.717, 1.165) is 12.0 Å². The van der Waals surface area contributed by atoms with Crippen LogP contribution in [-0.2, 0) is 11.2 Å². The highest BCUT2D eigenvalue weighted by atomic mass is 16.5. The predicted octanol–water partition coefficient (Wildman–Crippen LogP) is 3.18. The number of carboxylic acid groups (broad SMARTS) is 1. The average molecular weight is 329 g/mol. The van der Waals surface area contributed by atoms with Gasteiger partial charge in [0.1, 0.15) is 0 Å². The first-order chi connectivity index (χ1) is 11.5. The van der Waals surface area contributed by atoms with Crippen LogP contribution in [0.3, 0.4) is 0 Å². The summed E-state index contributed by atoms with van der Waals surface area (Å²) in [6.07, 6.45) is 0.458. The summed E-state index contributed by atoms with van der Waals surface area (Å²) in [6.45, 7) is 2.03. The SMILES string of the molecule is CCC(N)Cc1ccc(OC)c(OC(C(=O)O)c2ccccc2)c1. The largest absolute Gasteiger partial charge is 0.493 e. The molecule has 3 N–H and O–H groups in total. The van der Waals surface area contributed by atoms with Gasteiger partial charge >= 0.3 is 5.97 Å². The van der Waals surface area contributed by atoms with Crippen LogP contribution in [0.25, 0.3) is 0 Å². The maximum atomic E-state index is 11.6. The van der Waals surface area contributed by atoms with Crippen LogP contribution >= 0.6 is 0 Å². The van der Waals surface area contributed by atoms with Crippen LogP contribution in [0, 0.1) is 0 Å². The zero-order chi connectivity index (χ0) is 17.5. The number of methoxy groups -OCH3 is 1. The van der Waals surface area contributed by atoms with E-state index in [9.17, 15) is 9.90 Å². The molecule has 0 amide bonds. The van der Waals surface area contributed by atoms with Gasteiger partial charge in [-0.1, -0.05) is 43.3 Å². The van der Waals surface area contributed by atoms with E-state index in [0.29, 0.717) is 23.5 Å². The Morgan fingerprint density at radius 1 is 1.17 bits per heavy atom.